The number of nitrogens with one attached hydrogen (secondary N) is 2. The summed E-state index contributed by atoms with van der Waals surface area (Å²) in [5.74, 6) is 0. The number of anilines is 6. The summed E-state index contributed by atoms with van der Waals surface area (Å²) in [6.07, 6.45) is 0. The number of para-hydroxylation sites is 2. The molecule has 0 saturated carbocycles. The largest absolute Gasteiger partial charge is 0.399 e. The van der Waals surface area contributed by atoms with Gasteiger partial charge in [-0.3, -0.25) is 0 Å². The topological polar surface area (TPSA) is 180 Å². The second kappa shape index (κ2) is 14.4. The van der Waals surface area contributed by atoms with E-state index in [1.807, 2.05) is 18.2 Å². The molecule has 1 fully saturated rings. The molecule has 30 heavy (non-hydrogen) atoms. The van der Waals surface area contributed by atoms with Crippen molar-refractivity contribution in [1.82, 2.24) is 10.6 Å². The maximum Gasteiger partial charge on any atom is 0.0547 e. The molecule has 8 heteroatoms. The Balaban J connectivity index is 0.000000201. The third kappa shape index (κ3) is 12.0. The predicted molar refractivity (Wildman–Crippen MR) is 132 cm³/mol. The molecule has 0 atom stereocenters. The van der Waals surface area contributed by atoms with Gasteiger partial charge in [0.2, 0.25) is 0 Å². The Kier molecular flexibility index (Phi) is 11.7. The van der Waals surface area contributed by atoms with Crippen LogP contribution < -0.4 is 45.0 Å². The maximum atomic E-state index is 5.39. The van der Waals surface area contributed by atoms with Crippen molar-refractivity contribution in [2.75, 3.05) is 60.6 Å². The van der Waals surface area contributed by atoms with Gasteiger partial charge in [0.1, 0.15) is 0 Å². The molecular formula is C22H34N8. The quantitative estimate of drug-likeness (QED) is 0.258. The lowest BCUT2D eigenvalue weighted by Crippen LogP contribution is -2.39. The summed E-state index contributed by atoms with van der Waals surface area (Å²) < 4.78 is 0. The van der Waals surface area contributed by atoms with Crippen molar-refractivity contribution in [3.05, 3.63) is 72.8 Å². The standard InChI is InChI=1S/3C6H8N2.C4H10N2/c7-5-1-2-6(8)4-3-5;7-5-2-1-3-6(8)4-5;7-5-3-1-2-4-6(5)8;1-2-6-4-3-5-1/h3*1-4H,7-8H2;5-6H,1-4H2. The summed E-state index contributed by atoms with van der Waals surface area (Å²) in [5.41, 5.74) is 36.5. The molecule has 3 aromatic rings. The van der Waals surface area contributed by atoms with Crippen molar-refractivity contribution in [1.29, 1.82) is 0 Å². The first-order chi connectivity index (χ1) is 14.4. The molecule has 0 aromatic heterocycles. The van der Waals surface area contributed by atoms with Gasteiger partial charge in [-0.25, -0.2) is 0 Å². The van der Waals surface area contributed by atoms with Crippen LogP contribution in [0.4, 0.5) is 34.1 Å². The molecule has 1 aliphatic heterocycles. The Hall–Kier alpha value is -3.62. The van der Waals surface area contributed by atoms with E-state index in [1.165, 1.54) is 0 Å². The van der Waals surface area contributed by atoms with Crippen LogP contribution in [0.5, 0.6) is 0 Å². The Morgan fingerprint density at radius 3 is 1.03 bits per heavy atom. The highest BCUT2D eigenvalue weighted by Crippen LogP contribution is 2.10. The third-order valence-electron chi connectivity index (χ3n) is 3.80. The number of piperazine rings is 1. The van der Waals surface area contributed by atoms with Gasteiger partial charge in [0.25, 0.3) is 0 Å². The number of nitrogen functional groups attached to an aromatic ring is 6. The monoisotopic (exact) mass is 410 g/mol. The lowest BCUT2D eigenvalue weighted by molar-refractivity contribution is 0.534. The molecule has 4 rings (SSSR count). The first-order valence-corrected chi connectivity index (χ1v) is 9.62. The fourth-order valence-electron chi connectivity index (χ4n) is 2.17. The molecular weight excluding hydrogens is 376 g/mol. The Labute approximate surface area is 178 Å². The molecule has 0 radical (unpaired) electrons. The smallest absolute Gasteiger partial charge is 0.0547 e. The van der Waals surface area contributed by atoms with Gasteiger partial charge in [-0.15, -0.1) is 0 Å². The molecule has 0 amide bonds. The van der Waals surface area contributed by atoms with Crippen molar-refractivity contribution in [2.24, 2.45) is 0 Å². The van der Waals surface area contributed by atoms with Gasteiger partial charge in [-0.1, -0.05) is 18.2 Å². The van der Waals surface area contributed by atoms with Gasteiger partial charge in [0.05, 0.1) is 11.4 Å². The van der Waals surface area contributed by atoms with Crippen molar-refractivity contribution in [3.8, 4) is 0 Å². The van der Waals surface area contributed by atoms with Crippen LogP contribution in [0.2, 0.25) is 0 Å². The van der Waals surface area contributed by atoms with E-state index in [0.717, 1.165) is 37.6 Å². The summed E-state index contributed by atoms with van der Waals surface area (Å²) in [4.78, 5) is 0. The summed E-state index contributed by atoms with van der Waals surface area (Å²) in [6.45, 7) is 4.56. The van der Waals surface area contributed by atoms with E-state index in [0.29, 0.717) is 22.7 Å². The molecule has 0 bridgehead atoms. The van der Waals surface area contributed by atoms with Gasteiger partial charge < -0.3 is 45.0 Å². The zero-order valence-corrected chi connectivity index (χ0v) is 17.2. The normalized spacial score (nSPS) is 12.0. The van der Waals surface area contributed by atoms with E-state index in [4.69, 9.17) is 34.4 Å². The molecule has 0 unspecified atom stereocenters. The molecule has 162 valence electrons. The van der Waals surface area contributed by atoms with Crippen LogP contribution in [0.25, 0.3) is 0 Å². The van der Waals surface area contributed by atoms with Crippen LogP contribution >= 0.6 is 0 Å². The molecule has 8 nitrogen and oxygen atoms in total. The van der Waals surface area contributed by atoms with E-state index in [-0.39, 0.29) is 0 Å². The average Bonchev–Trinajstić information content (AvgIpc) is 2.75. The first-order valence-electron chi connectivity index (χ1n) is 9.62. The SMILES string of the molecule is C1CNCCN1.Nc1ccc(N)cc1.Nc1cccc(N)c1.Nc1ccccc1N. The number of rotatable bonds is 0. The minimum atomic E-state index is 0.646. The van der Waals surface area contributed by atoms with Crippen molar-refractivity contribution < 1.29 is 0 Å². The Morgan fingerprint density at radius 2 is 0.800 bits per heavy atom. The van der Waals surface area contributed by atoms with E-state index in [1.54, 1.807) is 54.6 Å². The van der Waals surface area contributed by atoms with Crippen molar-refractivity contribution >= 4 is 34.1 Å². The van der Waals surface area contributed by atoms with Crippen molar-refractivity contribution in [3.63, 3.8) is 0 Å². The average molecular weight is 411 g/mol. The summed E-state index contributed by atoms with van der Waals surface area (Å²) in [7, 11) is 0. The zero-order valence-electron chi connectivity index (χ0n) is 17.2. The minimum Gasteiger partial charge on any atom is -0.399 e. The maximum absolute atomic E-state index is 5.39. The molecule has 0 aliphatic carbocycles. The number of nitrogens with two attached hydrogens (primary N) is 6. The number of hydrogen-bond donors (Lipinski definition) is 8. The number of hydrogen-bond acceptors (Lipinski definition) is 8. The van der Waals surface area contributed by atoms with Gasteiger partial charge in [0.15, 0.2) is 0 Å². The molecule has 3 aromatic carbocycles. The minimum absolute atomic E-state index is 0.646. The fourth-order valence-corrected chi connectivity index (χ4v) is 2.17. The highest BCUT2D eigenvalue weighted by molar-refractivity contribution is 5.62. The lowest BCUT2D eigenvalue weighted by atomic mass is 10.3. The van der Waals surface area contributed by atoms with Crippen LogP contribution in [0.1, 0.15) is 0 Å². The van der Waals surface area contributed by atoms with E-state index >= 15 is 0 Å². The highest BCUT2D eigenvalue weighted by Gasteiger charge is 1.91. The van der Waals surface area contributed by atoms with Crippen LogP contribution in [0, 0.1) is 0 Å². The lowest BCUT2D eigenvalue weighted by Gasteiger charge is -2.11. The van der Waals surface area contributed by atoms with E-state index < -0.39 is 0 Å². The summed E-state index contributed by atoms with van der Waals surface area (Å²) >= 11 is 0. The zero-order chi connectivity index (χ0) is 22.2. The van der Waals surface area contributed by atoms with Gasteiger partial charge >= 0.3 is 0 Å². The molecule has 1 heterocycles. The first kappa shape index (κ1) is 24.4. The second-order valence-corrected chi connectivity index (χ2v) is 6.47. The molecule has 1 aliphatic rings. The molecule has 1 saturated heterocycles. The van der Waals surface area contributed by atoms with Crippen LogP contribution in [0.15, 0.2) is 72.8 Å². The van der Waals surface area contributed by atoms with Gasteiger partial charge in [-0.2, -0.15) is 0 Å². The van der Waals surface area contributed by atoms with E-state index in [9.17, 15) is 0 Å². The summed E-state index contributed by atoms with van der Waals surface area (Å²) in [5, 5.41) is 6.44. The Morgan fingerprint density at radius 1 is 0.433 bits per heavy atom. The van der Waals surface area contributed by atoms with E-state index in [2.05, 4.69) is 10.6 Å². The Bertz CT molecular complexity index is 762. The van der Waals surface area contributed by atoms with Gasteiger partial charge in [0, 0.05) is 48.9 Å². The summed E-state index contributed by atoms with van der Waals surface area (Å²) in [6, 6.07) is 21.5. The van der Waals surface area contributed by atoms with Crippen LogP contribution in [-0.4, -0.2) is 26.2 Å². The fraction of sp³-hybridized carbons (Fsp3) is 0.182. The second-order valence-electron chi connectivity index (χ2n) is 6.47. The number of benzene rings is 3. The molecule has 14 N–H and O–H groups in total. The van der Waals surface area contributed by atoms with Gasteiger partial charge in [-0.05, 0) is 54.6 Å². The highest BCUT2D eigenvalue weighted by atomic mass is 15.0. The van der Waals surface area contributed by atoms with Crippen LogP contribution in [-0.2, 0) is 0 Å². The van der Waals surface area contributed by atoms with Crippen LogP contribution in [0.3, 0.4) is 0 Å². The predicted octanol–water partition coefficient (Wildman–Crippen LogP) is 1.73. The van der Waals surface area contributed by atoms with Crippen molar-refractivity contribution in [2.45, 2.75) is 0 Å². The molecule has 0 spiro atoms. The third-order valence-corrected chi connectivity index (χ3v) is 3.80.